The Bertz CT molecular complexity index is 835. The van der Waals surface area contributed by atoms with Crippen LogP contribution in [0.1, 0.15) is 35.3 Å². The minimum atomic E-state index is -4.84. The number of rotatable bonds is 5. The molecule has 0 aliphatic carbocycles. The molecule has 0 aliphatic heterocycles. The number of halogens is 5. The van der Waals surface area contributed by atoms with Gasteiger partial charge in [0.1, 0.15) is 11.6 Å². The largest absolute Gasteiger partial charge is 0.481 e. The molecule has 0 saturated heterocycles. The molecule has 146 valence electrons. The van der Waals surface area contributed by atoms with Gasteiger partial charge in [-0.05, 0) is 36.4 Å². The van der Waals surface area contributed by atoms with Crippen molar-refractivity contribution in [3.8, 4) is 5.75 Å². The van der Waals surface area contributed by atoms with Gasteiger partial charge >= 0.3 is 12.1 Å². The van der Waals surface area contributed by atoms with Crippen LogP contribution < -0.4 is 4.74 Å². The second-order valence-electron chi connectivity index (χ2n) is 4.88. The molecule has 0 amide bonds. The minimum absolute atomic E-state index is 0.0680. The Morgan fingerprint density at radius 1 is 1.11 bits per heavy atom. The molecule has 0 saturated carbocycles. The number of ether oxygens (including phenoxy) is 1. The highest BCUT2D eigenvalue weighted by molar-refractivity contribution is 6.31. The average Bonchev–Trinajstić information content (AvgIpc) is 2.60. The van der Waals surface area contributed by atoms with Crippen LogP contribution in [0.3, 0.4) is 0 Å². The van der Waals surface area contributed by atoms with Gasteiger partial charge in [-0.3, -0.25) is 4.79 Å². The Labute approximate surface area is 157 Å². The lowest BCUT2D eigenvalue weighted by molar-refractivity contribution is -0.139. The van der Waals surface area contributed by atoms with Crippen LogP contribution in [0.5, 0.6) is 5.75 Å². The molecule has 0 spiro atoms. The van der Waals surface area contributed by atoms with Crippen LogP contribution in [0.2, 0.25) is 5.02 Å². The zero-order valence-corrected chi connectivity index (χ0v) is 15.0. The van der Waals surface area contributed by atoms with Gasteiger partial charge in [0.15, 0.2) is 12.4 Å². The molecule has 2 rings (SSSR count). The SMILES string of the molecule is CC.O=C(O)COc1ccc(Cl)cc1C(=O)c1cc(F)cc(C(F)(F)F)c1. The predicted molar refractivity (Wildman–Crippen MR) is 90.8 cm³/mol. The molecule has 0 atom stereocenters. The van der Waals surface area contributed by atoms with Crippen molar-refractivity contribution in [1.82, 2.24) is 0 Å². The zero-order valence-electron chi connectivity index (χ0n) is 14.2. The van der Waals surface area contributed by atoms with Gasteiger partial charge < -0.3 is 9.84 Å². The summed E-state index contributed by atoms with van der Waals surface area (Å²) in [6, 6.07) is 4.99. The third kappa shape index (κ3) is 6.25. The maximum Gasteiger partial charge on any atom is 0.416 e. The second kappa shape index (κ2) is 9.36. The van der Waals surface area contributed by atoms with E-state index in [4.69, 9.17) is 21.4 Å². The quantitative estimate of drug-likeness (QED) is 0.546. The average molecular weight is 407 g/mol. The van der Waals surface area contributed by atoms with Crippen LogP contribution in [0, 0.1) is 5.82 Å². The van der Waals surface area contributed by atoms with Crippen molar-refractivity contribution in [2.45, 2.75) is 20.0 Å². The van der Waals surface area contributed by atoms with E-state index in [1.165, 1.54) is 12.1 Å². The number of alkyl halides is 3. The van der Waals surface area contributed by atoms with Gasteiger partial charge in [-0.1, -0.05) is 25.4 Å². The summed E-state index contributed by atoms with van der Waals surface area (Å²) < 4.78 is 56.7. The third-order valence-corrected chi connectivity index (χ3v) is 3.26. The standard InChI is InChI=1S/C16H9ClF4O4.C2H6/c17-10-1-2-13(25-7-14(22)23)12(6-10)15(24)8-3-9(16(19,20)21)5-11(18)4-8;1-2/h1-6H,7H2,(H,22,23);1-2H3. The van der Waals surface area contributed by atoms with Gasteiger partial charge in [-0.25, -0.2) is 9.18 Å². The maximum atomic E-state index is 13.5. The Balaban J connectivity index is 0.00000176. The Morgan fingerprint density at radius 3 is 2.30 bits per heavy atom. The lowest BCUT2D eigenvalue weighted by Gasteiger charge is -2.12. The number of carboxylic acids is 1. The molecule has 2 aromatic rings. The summed E-state index contributed by atoms with van der Waals surface area (Å²) in [5, 5.41) is 8.70. The number of carbonyl (C=O) groups excluding carboxylic acids is 1. The van der Waals surface area contributed by atoms with E-state index in [0.717, 1.165) is 6.07 Å². The molecular formula is C18H15ClF4O4. The van der Waals surface area contributed by atoms with Gasteiger partial charge in [-0.15, -0.1) is 0 Å². The van der Waals surface area contributed by atoms with Gasteiger partial charge in [-0.2, -0.15) is 13.2 Å². The van der Waals surface area contributed by atoms with Crippen molar-refractivity contribution in [2.24, 2.45) is 0 Å². The van der Waals surface area contributed by atoms with Crippen LogP contribution in [0.4, 0.5) is 17.6 Å². The van der Waals surface area contributed by atoms with Gasteiger partial charge in [0, 0.05) is 10.6 Å². The second-order valence-corrected chi connectivity index (χ2v) is 5.31. The monoisotopic (exact) mass is 406 g/mol. The summed E-state index contributed by atoms with van der Waals surface area (Å²) in [5.74, 6) is -3.76. The summed E-state index contributed by atoms with van der Waals surface area (Å²) in [6.45, 7) is 3.22. The fourth-order valence-electron chi connectivity index (χ4n) is 1.98. The molecule has 0 radical (unpaired) electrons. The van der Waals surface area contributed by atoms with Crippen LogP contribution in [0.15, 0.2) is 36.4 Å². The number of benzene rings is 2. The van der Waals surface area contributed by atoms with Gasteiger partial charge in [0.05, 0.1) is 11.1 Å². The first kappa shape index (κ1) is 22.4. The summed E-state index contributed by atoms with van der Waals surface area (Å²) in [6.07, 6.45) is -4.84. The van der Waals surface area contributed by atoms with Crippen LogP contribution in [-0.2, 0) is 11.0 Å². The van der Waals surface area contributed by atoms with Crippen LogP contribution in [0.25, 0.3) is 0 Å². The van der Waals surface area contributed by atoms with Crippen molar-refractivity contribution in [3.05, 3.63) is 63.9 Å². The summed E-state index contributed by atoms with van der Waals surface area (Å²) in [7, 11) is 0. The van der Waals surface area contributed by atoms with Crippen molar-refractivity contribution >= 4 is 23.4 Å². The van der Waals surface area contributed by atoms with E-state index >= 15 is 0 Å². The molecule has 0 unspecified atom stereocenters. The molecule has 9 heteroatoms. The highest BCUT2D eigenvalue weighted by Gasteiger charge is 2.32. The Morgan fingerprint density at radius 2 is 1.74 bits per heavy atom. The number of hydrogen-bond donors (Lipinski definition) is 1. The van der Waals surface area contributed by atoms with Crippen LogP contribution in [-0.4, -0.2) is 23.5 Å². The lowest BCUT2D eigenvalue weighted by atomic mass is 10.00. The van der Waals surface area contributed by atoms with Gasteiger partial charge in [0.2, 0.25) is 0 Å². The lowest BCUT2D eigenvalue weighted by Crippen LogP contribution is -2.13. The van der Waals surface area contributed by atoms with E-state index < -0.39 is 41.5 Å². The number of ketones is 1. The smallest absolute Gasteiger partial charge is 0.416 e. The fourth-order valence-corrected chi connectivity index (χ4v) is 2.16. The van der Waals surface area contributed by atoms with E-state index in [0.29, 0.717) is 12.1 Å². The molecule has 0 fully saturated rings. The highest BCUT2D eigenvalue weighted by atomic mass is 35.5. The zero-order chi connectivity index (χ0) is 20.8. The molecule has 2 aromatic carbocycles. The number of carbonyl (C=O) groups is 2. The summed E-state index contributed by atoms with van der Waals surface area (Å²) in [5.41, 5.74) is -2.19. The molecule has 27 heavy (non-hydrogen) atoms. The van der Waals surface area contributed by atoms with E-state index in [9.17, 15) is 27.2 Å². The van der Waals surface area contributed by atoms with E-state index in [2.05, 4.69) is 0 Å². The van der Waals surface area contributed by atoms with Crippen molar-refractivity contribution < 1.29 is 37.0 Å². The molecule has 0 bridgehead atoms. The number of aliphatic carboxylic acids is 1. The summed E-state index contributed by atoms with van der Waals surface area (Å²) >= 11 is 5.77. The predicted octanol–water partition coefficient (Wildman–Crippen LogP) is 5.22. The topological polar surface area (TPSA) is 63.6 Å². The number of carboxylic acid groups (broad SMARTS) is 1. The van der Waals surface area contributed by atoms with E-state index in [-0.39, 0.29) is 22.4 Å². The molecular weight excluding hydrogens is 392 g/mol. The normalized spacial score (nSPS) is 10.6. The molecule has 1 N–H and O–H groups in total. The van der Waals surface area contributed by atoms with Gasteiger partial charge in [0.25, 0.3) is 0 Å². The molecule has 0 aliphatic rings. The Hall–Kier alpha value is -2.61. The molecule has 0 aromatic heterocycles. The first-order valence-corrected chi connectivity index (χ1v) is 8.02. The van der Waals surface area contributed by atoms with Crippen molar-refractivity contribution in [3.63, 3.8) is 0 Å². The number of hydrogen-bond acceptors (Lipinski definition) is 3. The van der Waals surface area contributed by atoms with Crippen LogP contribution >= 0.6 is 11.6 Å². The molecule has 0 heterocycles. The first-order chi connectivity index (χ1) is 12.6. The van der Waals surface area contributed by atoms with E-state index in [1.807, 2.05) is 13.8 Å². The van der Waals surface area contributed by atoms with Crippen molar-refractivity contribution in [2.75, 3.05) is 6.61 Å². The minimum Gasteiger partial charge on any atom is -0.481 e. The highest BCUT2D eigenvalue weighted by Crippen LogP contribution is 2.32. The maximum absolute atomic E-state index is 13.5. The fraction of sp³-hybridized carbons (Fsp3) is 0.222. The Kier molecular flexibility index (Phi) is 7.78. The molecule has 4 nitrogen and oxygen atoms in total. The first-order valence-electron chi connectivity index (χ1n) is 7.64. The third-order valence-electron chi connectivity index (χ3n) is 3.02. The summed E-state index contributed by atoms with van der Waals surface area (Å²) in [4.78, 5) is 23.1. The van der Waals surface area contributed by atoms with E-state index in [1.54, 1.807) is 0 Å². The van der Waals surface area contributed by atoms with Crippen molar-refractivity contribution in [1.29, 1.82) is 0 Å².